The van der Waals surface area contributed by atoms with E-state index in [1.807, 2.05) is 12.1 Å². The van der Waals surface area contributed by atoms with Gasteiger partial charge in [-0.05, 0) is 35.9 Å². The van der Waals surface area contributed by atoms with Gasteiger partial charge in [-0.2, -0.15) is 0 Å². The maximum Gasteiger partial charge on any atom is 0.165 e. The van der Waals surface area contributed by atoms with Crippen LogP contribution in [-0.4, -0.2) is 13.4 Å². The number of nitrogens with one attached hydrogen (secondary N) is 1. The lowest BCUT2D eigenvalue weighted by Crippen LogP contribution is -2.39. The second kappa shape index (κ2) is 7.85. The van der Waals surface area contributed by atoms with Crippen molar-refractivity contribution in [3.05, 3.63) is 82.1 Å². The van der Waals surface area contributed by atoms with Crippen molar-refractivity contribution in [2.75, 3.05) is 18.2 Å². The van der Waals surface area contributed by atoms with E-state index in [2.05, 4.69) is 10.3 Å². The summed E-state index contributed by atoms with van der Waals surface area (Å²) in [5.41, 5.74) is 14.3. The predicted molar refractivity (Wildman–Crippen MR) is 117 cm³/mol. The number of hydrogen-bond acceptors (Lipinski definition) is 6. The summed E-state index contributed by atoms with van der Waals surface area (Å²) in [5, 5.41) is 3.61. The normalized spacial score (nSPS) is 17.2. The Morgan fingerprint density at radius 3 is 2.70 bits per heavy atom. The molecule has 154 valence electrons. The van der Waals surface area contributed by atoms with Gasteiger partial charge in [0.2, 0.25) is 0 Å². The first-order valence-corrected chi connectivity index (χ1v) is 9.53. The van der Waals surface area contributed by atoms with Gasteiger partial charge < -0.3 is 20.5 Å². The Kier molecular flexibility index (Phi) is 5.24. The lowest BCUT2D eigenvalue weighted by molar-refractivity contribution is 0.290. The summed E-state index contributed by atoms with van der Waals surface area (Å²) in [6, 6.07) is 15.1. The third-order valence-electron chi connectivity index (χ3n) is 4.92. The number of rotatable bonds is 5. The molecule has 1 heterocycles. The van der Waals surface area contributed by atoms with E-state index in [1.165, 1.54) is 25.6 Å². The number of ether oxygens (including phenoxy) is 2. The Labute approximate surface area is 178 Å². The fourth-order valence-corrected chi connectivity index (χ4v) is 3.57. The van der Waals surface area contributed by atoms with E-state index in [0.29, 0.717) is 33.3 Å². The first kappa shape index (κ1) is 20.0. The zero-order chi connectivity index (χ0) is 21.3. The molecule has 0 saturated heterocycles. The minimum absolute atomic E-state index is 0.106. The molecule has 0 saturated carbocycles. The van der Waals surface area contributed by atoms with Gasteiger partial charge in [0.25, 0.3) is 0 Å². The number of methoxy groups -OCH3 is 1. The van der Waals surface area contributed by atoms with E-state index in [0.717, 1.165) is 5.56 Å². The van der Waals surface area contributed by atoms with Crippen molar-refractivity contribution in [1.29, 1.82) is 0 Å². The van der Waals surface area contributed by atoms with Crippen molar-refractivity contribution >= 4 is 29.3 Å². The molecule has 6 nitrogen and oxygen atoms in total. The first-order valence-electron chi connectivity index (χ1n) is 9.15. The molecule has 0 fully saturated rings. The number of fused-ring (bicyclic) bond motifs is 1. The standard InChI is InChI=1S/C22H20ClFN4O2/c1-29-21-10-19-16(9-18(21)25)22(26,28-12-27-19)14-5-6-20(17(24)8-14)30-11-13-3-2-4-15(23)7-13/h2-10,12H,11,25-26H2,1H3,(H,27,28). The molecule has 3 aromatic rings. The highest BCUT2D eigenvalue weighted by molar-refractivity contribution is 6.30. The average Bonchev–Trinajstić information content (AvgIpc) is 2.73. The predicted octanol–water partition coefficient (Wildman–Crippen LogP) is 4.26. The molecular weight excluding hydrogens is 407 g/mol. The molecule has 0 aliphatic carbocycles. The Balaban J connectivity index is 1.63. The summed E-state index contributed by atoms with van der Waals surface area (Å²) in [6.45, 7) is 0.186. The van der Waals surface area contributed by atoms with Crippen LogP contribution in [-0.2, 0) is 12.3 Å². The van der Waals surface area contributed by atoms with Crippen molar-refractivity contribution in [3.63, 3.8) is 0 Å². The quantitative estimate of drug-likeness (QED) is 0.530. The van der Waals surface area contributed by atoms with Crippen LogP contribution in [0.4, 0.5) is 15.8 Å². The number of anilines is 2. The Morgan fingerprint density at radius 1 is 1.13 bits per heavy atom. The maximum atomic E-state index is 14.8. The second-order valence-electron chi connectivity index (χ2n) is 6.87. The summed E-state index contributed by atoms with van der Waals surface area (Å²) in [7, 11) is 1.53. The number of nitrogens with two attached hydrogens (primary N) is 2. The SMILES string of the molecule is COc1cc2c(cc1N)C(N)(c1ccc(OCc3cccc(Cl)c3)c(F)c1)N=CN2. The van der Waals surface area contributed by atoms with Crippen molar-refractivity contribution in [3.8, 4) is 11.5 Å². The topological polar surface area (TPSA) is 94.9 Å². The Hall–Kier alpha value is -3.29. The smallest absolute Gasteiger partial charge is 0.165 e. The van der Waals surface area contributed by atoms with Crippen molar-refractivity contribution in [1.82, 2.24) is 0 Å². The van der Waals surface area contributed by atoms with Gasteiger partial charge in [0.1, 0.15) is 12.4 Å². The van der Waals surface area contributed by atoms with E-state index >= 15 is 0 Å². The molecule has 1 atom stereocenters. The summed E-state index contributed by atoms with van der Waals surface area (Å²) < 4.78 is 25.7. The van der Waals surface area contributed by atoms with Gasteiger partial charge in [0, 0.05) is 22.2 Å². The molecule has 0 bridgehead atoms. The summed E-state index contributed by atoms with van der Waals surface area (Å²) in [5.74, 6) is 0.0701. The zero-order valence-corrected chi connectivity index (χ0v) is 16.9. The van der Waals surface area contributed by atoms with Gasteiger partial charge in [0.15, 0.2) is 17.2 Å². The molecule has 0 radical (unpaired) electrons. The molecule has 30 heavy (non-hydrogen) atoms. The molecule has 3 aromatic carbocycles. The van der Waals surface area contributed by atoms with Crippen LogP contribution in [0.3, 0.4) is 0 Å². The molecule has 0 amide bonds. The highest BCUT2D eigenvalue weighted by atomic mass is 35.5. The summed E-state index contributed by atoms with van der Waals surface area (Å²) in [6.07, 6.45) is 1.47. The first-order chi connectivity index (χ1) is 14.4. The Morgan fingerprint density at radius 2 is 1.97 bits per heavy atom. The molecule has 0 aromatic heterocycles. The lowest BCUT2D eigenvalue weighted by atomic mass is 9.89. The largest absolute Gasteiger partial charge is 0.495 e. The minimum Gasteiger partial charge on any atom is -0.495 e. The molecule has 1 aliphatic heterocycles. The van der Waals surface area contributed by atoms with Gasteiger partial charge in [-0.1, -0.05) is 29.8 Å². The van der Waals surface area contributed by atoms with Crippen LogP contribution in [0.5, 0.6) is 11.5 Å². The Bertz CT molecular complexity index is 1140. The molecule has 5 N–H and O–H groups in total. The van der Waals surface area contributed by atoms with Crippen LogP contribution >= 0.6 is 11.6 Å². The highest BCUT2D eigenvalue weighted by Crippen LogP contribution is 2.41. The fraction of sp³-hybridized carbons (Fsp3) is 0.136. The zero-order valence-electron chi connectivity index (χ0n) is 16.2. The number of aliphatic imine (C=N–C) groups is 1. The number of benzene rings is 3. The summed E-state index contributed by atoms with van der Waals surface area (Å²) >= 11 is 5.97. The van der Waals surface area contributed by atoms with Crippen molar-refractivity contribution < 1.29 is 13.9 Å². The van der Waals surface area contributed by atoms with E-state index in [-0.39, 0.29) is 12.4 Å². The van der Waals surface area contributed by atoms with Gasteiger partial charge in [-0.15, -0.1) is 0 Å². The van der Waals surface area contributed by atoms with Crippen LogP contribution < -0.4 is 26.3 Å². The number of halogens is 2. The van der Waals surface area contributed by atoms with E-state index in [1.54, 1.807) is 30.3 Å². The van der Waals surface area contributed by atoms with Crippen molar-refractivity contribution in [2.24, 2.45) is 10.7 Å². The van der Waals surface area contributed by atoms with E-state index in [4.69, 9.17) is 32.5 Å². The third kappa shape index (κ3) is 3.65. The molecule has 8 heteroatoms. The highest BCUT2D eigenvalue weighted by Gasteiger charge is 2.35. The molecular formula is C22H20ClFN4O2. The van der Waals surface area contributed by atoms with Crippen LogP contribution in [0.25, 0.3) is 0 Å². The average molecular weight is 427 g/mol. The van der Waals surface area contributed by atoms with Gasteiger partial charge in [0.05, 0.1) is 24.8 Å². The van der Waals surface area contributed by atoms with E-state index < -0.39 is 11.5 Å². The molecule has 1 unspecified atom stereocenters. The van der Waals surface area contributed by atoms with Crippen LogP contribution in [0.15, 0.2) is 59.6 Å². The van der Waals surface area contributed by atoms with Gasteiger partial charge in [-0.3, -0.25) is 5.73 Å². The van der Waals surface area contributed by atoms with Crippen molar-refractivity contribution in [2.45, 2.75) is 12.3 Å². The van der Waals surface area contributed by atoms with E-state index in [9.17, 15) is 4.39 Å². The number of nitrogen functional groups attached to an aromatic ring is 1. The number of hydrogen-bond donors (Lipinski definition) is 3. The fourth-order valence-electron chi connectivity index (χ4n) is 3.35. The molecule has 0 spiro atoms. The van der Waals surface area contributed by atoms with Crippen LogP contribution in [0.1, 0.15) is 16.7 Å². The van der Waals surface area contributed by atoms with Crippen LogP contribution in [0.2, 0.25) is 5.02 Å². The molecule has 4 rings (SSSR count). The monoisotopic (exact) mass is 426 g/mol. The maximum absolute atomic E-state index is 14.8. The third-order valence-corrected chi connectivity index (χ3v) is 5.16. The summed E-state index contributed by atoms with van der Waals surface area (Å²) in [4.78, 5) is 4.37. The van der Waals surface area contributed by atoms with Crippen LogP contribution in [0, 0.1) is 5.82 Å². The lowest BCUT2D eigenvalue weighted by Gasteiger charge is -2.32. The molecule has 1 aliphatic rings. The minimum atomic E-state index is -1.31. The second-order valence-corrected chi connectivity index (χ2v) is 7.31. The van der Waals surface area contributed by atoms with Gasteiger partial charge in [-0.25, -0.2) is 9.38 Å². The van der Waals surface area contributed by atoms with Gasteiger partial charge >= 0.3 is 0 Å². The number of nitrogens with zero attached hydrogens (tertiary/aromatic N) is 1.